The highest BCUT2D eigenvalue weighted by molar-refractivity contribution is 7.92. The van der Waals surface area contributed by atoms with E-state index in [1.165, 1.54) is 11.4 Å². The molecule has 0 saturated carbocycles. The summed E-state index contributed by atoms with van der Waals surface area (Å²) in [5.74, 6) is -0.131. The first-order chi connectivity index (χ1) is 10.5. The SMILES string of the molecule is CCCS(=O)(=O)N1CCCc2ccc(NC(=O)COC)cc21. The van der Waals surface area contributed by atoms with Crippen LogP contribution in [-0.4, -0.2) is 40.3 Å². The van der Waals surface area contributed by atoms with Crippen LogP contribution >= 0.6 is 0 Å². The van der Waals surface area contributed by atoms with E-state index in [2.05, 4.69) is 5.32 Å². The number of ether oxygens (including phenoxy) is 1. The molecule has 0 aliphatic carbocycles. The summed E-state index contributed by atoms with van der Waals surface area (Å²) in [5, 5.41) is 2.71. The fourth-order valence-electron chi connectivity index (χ4n) is 2.60. The molecule has 0 radical (unpaired) electrons. The minimum atomic E-state index is -3.31. The zero-order valence-electron chi connectivity index (χ0n) is 13.0. The van der Waals surface area contributed by atoms with Crippen molar-refractivity contribution >= 4 is 27.3 Å². The Morgan fingerprint density at radius 3 is 2.86 bits per heavy atom. The van der Waals surface area contributed by atoms with E-state index in [9.17, 15) is 13.2 Å². The topological polar surface area (TPSA) is 75.7 Å². The van der Waals surface area contributed by atoms with Gasteiger partial charge in [-0.25, -0.2) is 8.42 Å². The van der Waals surface area contributed by atoms with Crippen LogP contribution in [0.3, 0.4) is 0 Å². The molecule has 0 fully saturated rings. The number of aryl methyl sites for hydroxylation is 1. The Balaban J connectivity index is 2.30. The van der Waals surface area contributed by atoms with E-state index >= 15 is 0 Å². The van der Waals surface area contributed by atoms with Crippen LogP contribution < -0.4 is 9.62 Å². The molecule has 1 heterocycles. The maximum atomic E-state index is 12.4. The lowest BCUT2D eigenvalue weighted by Crippen LogP contribution is -2.37. The molecule has 0 unspecified atom stereocenters. The van der Waals surface area contributed by atoms with Crippen molar-refractivity contribution in [1.29, 1.82) is 0 Å². The third kappa shape index (κ3) is 3.78. The van der Waals surface area contributed by atoms with E-state index < -0.39 is 10.0 Å². The average Bonchev–Trinajstić information content (AvgIpc) is 2.46. The molecule has 0 saturated heterocycles. The Kier molecular flexibility index (Phi) is 5.42. The van der Waals surface area contributed by atoms with Crippen LogP contribution in [0.25, 0.3) is 0 Å². The number of carbonyl (C=O) groups excluding carboxylic acids is 1. The van der Waals surface area contributed by atoms with E-state index in [4.69, 9.17) is 4.74 Å². The van der Waals surface area contributed by atoms with E-state index in [0.29, 0.717) is 24.3 Å². The fraction of sp³-hybridized carbons (Fsp3) is 0.533. The Bertz CT molecular complexity index is 643. The smallest absolute Gasteiger partial charge is 0.250 e. The van der Waals surface area contributed by atoms with E-state index in [-0.39, 0.29) is 18.3 Å². The van der Waals surface area contributed by atoms with Gasteiger partial charge in [-0.05, 0) is 37.0 Å². The van der Waals surface area contributed by atoms with Crippen molar-refractivity contribution in [3.05, 3.63) is 23.8 Å². The van der Waals surface area contributed by atoms with Crippen LogP contribution in [0.4, 0.5) is 11.4 Å². The molecule has 1 aliphatic heterocycles. The third-order valence-corrected chi connectivity index (χ3v) is 5.49. The molecule has 0 atom stereocenters. The molecule has 2 rings (SSSR count). The third-order valence-electron chi connectivity index (χ3n) is 3.52. The Labute approximate surface area is 131 Å². The standard InChI is InChI=1S/C15H22N2O4S/c1-3-9-22(19,20)17-8-4-5-12-6-7-13(10-14(12)17)16-15(18)11-21-2/h6-7,10H,3-5,8-9,11H2,1-2H3,(H,16,18). The molecule has 0 aromatic heterocycles. The molecule has 1 aromatic rings. The first-order valence-corrected chi connectivity index (χ1v) is 9.01. The number of rotatable bonds is 6. The van der Waals surface area contributed by atoms with E-state index in [1.54, 1.807) is 12.1 Å². The lowest BCUT2D eigenvalue weighted by Gasteiger charge is -2.31. The highest BCUT2D eigenvalue weighted by Gasteiger charge is 2.27. The number of anilines is 2. The number of nitrogens with zero attached hydrogens (tertiary/aromatic N) is 1. The molecule has 7 heteroatoms. The Hall–Kier alpha value is -1.60. The van der Waals surface area contributed by atoms with Gasteiger partial charge in [0.1, 0.15) is 6.61 Å². The molecular formula is C15H22N2O4S. The number of methoxy groups -OCH3 is 1. The Morgan fingerprint density at radius 2 is 2.18 bits per heavy atom. The summed E-state index contributed by atoms with van der Waals surface area (Å²) in [7, 11) is -1.86. The van der Waals surface area contributed by atoms with Crippen molar-refractivity contribution < 1.29 is 17.9 Å². The first-order valence-electron chi connectivity index (χ1n) is 7.40. The largest absolute Gasteiger partial charge is 0.375 e. The summed E-state index contributed by atoms with van der Waals surface area (Å²) in [4.78, 5) is 11.6. The van der Waals surface area contributed by atoms with Gasteiger partial charge in [-0.2, -0.15) is 0 Å². The van der Waals surface area contributed by atoms with Gasteiger partial charge in [0.05, 0.1) is 11.4 Å². The predicted octanol–water partition coefficient (Wildman–Crippen LogP) is 1.76. The molecule has 122 valence electrons. The summed E-state index contributed by atoms with van der Waals surface area (Å²) in [6, 6.07) is 5.41. The second-order valence-corrected chi connectivity index (χ2v) is 7.33. The second kappa shape index (κ2) is 7.11. The van der Waals surface area contributed by atoms with Gasteiger partial charge in [0.25, 0.3) is 0 Å². The van der Waals surface area contributed by atoms with Crippen molar-refractivity contribution in [1.82, 2.24) is 0 Å². The monoisotopic (exact) mass is 326 g/mol. The van der Waals surface area contributed by atoms with Gasteiger partial charge >= 0.3 is 0 Å². The fourth-order valence-corrected chi connectivity index (χ4v) is 4.22. The molecule has 6 nitrogen and oxygen atoms in total. The predicted molar refractivity (Wildman–Crippen MR) is 86.7 cm³/mol. The van der Waals surface area contributed by atoms with Crippen LogP contribution in [-0.2, 0) is 26.0 Å². The molecular weight excluding hydrogens is 304 g/mol. The lowest BCUT2D eigenvalue weighted by atomic mass is 10.0. The minimum Gasteiger partial charge on any atom is -0.375 e. The number of benzene rings is 1. The highest BCUT2D eigenvalue weighted by atomic mass is 32.2. The quantitative estimate of drug-likeness (QED) is 0.864. The van der Waals surface area contributed by atoms with Crippen molar-refractivity contribution in [2.45, 2.75) is 26.2 Å². The summed E-state index contributed by atoms with van der Waals surface area (Å²) < 4.78 is 31.1. The van der Waals surface area contributed by atoms with Crippen molar-refractivity contribution in [3.8, 4) is 0 Å². The minimum absolute atomic E-state index is 0.0328. The maximum Gasteiger partial charge on any atom is 0.250 e. The molecule has 22 heavy (non-hydrogen) atoms. The molecule has 1 amide bonds. The average molecular weight is 326 g/mol. The van der Waals surface area contributed by atoms with Crippen molar-refractivity contribution in [3.63, 3.8) is 0 Å². The lowest BCUT2D eigenvalue weighted by molar-refractivity contribution is -0.119. The number of amides is 1. The Morgan fingerprint density at radius 1 is 1.41 bits per heavy atom. The van der Waals surface area contributed by atoms with Crippen LogP contribution in [0.5, 0.6) is 0 Å². The number of hydrogen-bond donors (Lipinski definition) is 1. The van der Waals surface area contributed by atoms with Gasteiger partial charge in [-0.1, -0.05) is 13.0 Å². The van der Waals surface area contributed by atoms with Crippen molar-refractivity contribution in [2.75, 3.05) is 35.6 Å². The molecule has 1 aliphatic rings. The van der Waals surface area contributed by atoms with Gasteiger partial charge in [0.2, 0.25) is 15.9 Å². The molecule has 0 bridgehead atoms. The van der Waals surface area contributed by atoms with Gasteiger partial charge in [-0.3, -0.25) is 9.10 Å². The number of hydrogen-bond acceptors (Lipinski definition) is 4. The summed E-state index contributed by atoms with van der Waals surface area (Å²) in [5.41, 5.74) is 2.25. The molecule has 1 aromatic carbocycles. The summed E-state index contributed by atoms with van der Waals surface area (Å²) in [6.07, 6.45) is 2.24. The van der Waals surface area contributed by atoms with Crippen LogP contribution in [0.1, 0.15) is 25.3 Å². The zero-order chi connectivity index (χ0) is 16.2. The molecule has 1 N–H and O–H groups in total. The van der Waals surface area contributed by atoms with Gasteiger partial charge in [0, 0.05) is 19.3 Å². The maximum absolute atomic E-state index is 12.4. The first kappa shape index (κ1) is 16.8. The number of nitrogens with one attached hydrogen (secondary N) is 1. The molecule has 0 spiro atoms. The van der Waals surface area contributed by atoms with E-state index in [1.807, 2.05) is 13.0 Å². The van der Waals surface area contributed by atoms with Gasteiger partial charge < -0.3 is 10.1 Å². The van der Waals surface area contributed by atoms with Gasteiger partial charge in [0.15, 0.2) is 0 Å². The second-order valence-electron chi connectivity index (χ2n) is 5.32. The highest BCUT2D eigenvalue weighted by Crippen LogP contribution is 2.32. The zero-order valence-corrected chi connectivity index (χ0v) is 13.8. The van der Waals surface area contributed by atoms with Crippen molar-refractivity contribution in [2.24, 2.45) is 0 Å². The summed E-state index contributed by atoms with van der Waals surface area (Å²) in [6.45, 7) is 2.31. The number of sulfonamides is 1. The number of carbonyl (C=O) groups is 1. The van der Waals surface area contributed by atoms with Crippen LogP contribution in [0.2, 0.25) is 0 Å². The van der Waals surface area contributed by atoms with Gasteiger partial charge in [-0.15, -0.1) is 0 Å². The van der Waals surface area contributed by atoms with E-state index in [0.717, 1.165) is 18.4 Å². The van der Waals surface area contributed by atoms with Crippen LogP contribution in [0, 0.1) is 0 Å². The normalized spacial score (nSPS) is 14.5. The number of fused-ring (bicyclic) bond motifs is 1. The summed E-state index contributed by atoms with van der Waals surface area (Å²) >= 11 is 0. The van der Waals surface area contributed by atoms with Crippen LogP contribution in [0.15, 0.2) is 18.2 Å².